The average Bonchev–Trinajstić information content (AvgIpc) is 2.46. The number of likely N-dealkylation sites (N-methyl/N-ethyl adjacent to an activating group) is 1. The van der Waals surface area contributed by atoms with Crippen molar-refractivity contribution in [2.24, 2.45) is 0 Å². The van der Waals surface area contributed by atoms with Gasteiger partial charge in [-0.2, -0.15) is 0 Å². The van der Waals surface area contributed by atoms with E-state index < -0.39 is 0 Å². The Morgan fingerprint density at radius 2 is 1.65 bits per heavy atom. The molecule has 2 rings (SSSR count). The van der Waals surface area contributed by atoms with Gasteiger partial charge in [0, 0.05) is 20.9 Å². The van der Waals surface area contributed by atoms with E-state index in [1.165, 1.54) is 16.7 Å². The van der Waals surface area contributed by atoms with Crippen LogP contribution < -0.4 is 5.32 Å². The molecule has 2 unspecified atom stereocenters. The lowest BCUT2D eigenvalue weighted by molar-refractivity contribution is 0.506. The van der Waals surface area contributed by atoms with Crippen molar-refractivity contribution in [2.75, 3.05) is 7.05 Å². The molecule has 0 saturated heterocycles. The fourth-order valence-corrected chi connectivity index (χ4v) is 3.59. The Bertz CT molecular complexity index is 581. The molecule has 1 nitrogen and oxygen atoms in total. The number of rotatable bonds is 4. The predicted molar refractivity (Wildman–Crippen MR) is 93.2 cm³/mol. The number of nitrogens with one attached hydrogen (secondary N) is 1. The highest BCUT2D eigenvalue weighted by molar-refractivity contribution is 9.11. The van der Waals surface area contributed by atoms with Crippen LogP contribution in [-0.2, 0) is 0 Å². The molecular weight excluding hydrogens is 378 g/mol. The molecule has 2 aromatic carbocycles. The van der Waals surface area contributed by atoms with E-state index in [1.54, 1.807) is 0 Å². The van der Waals surface area contributed by atoms with Gasteiger partial charge in [0.1, 0.15) is 0 Å². The summed E-state index contributed by atoms with van der Waals surface area (Å²) in [5.74, 6) is 0.395. The van der Waals surface area contributed by atoms with Gasteiger partial charge in [0.05, 0.1) is 0 Å². The number of aryl methyl sites for hydroxylation is 1. The van der Waals surface area contributed by atoms with Gasteiger partial charge in [0.25, 0.3) is 0 Å². The van der Waals surface area contributed by atoms with E-state index in [9.17, 15) is 0 Å². The summed E-state index contributed by atoms with van der Waals surface area (Å²) < 4.78 is 2.30. The lowest BCUT2D eigenvalue weighted by atomic mass is 9.88. The number of hydrogen-bond acceptors (Lipinski definition) is 1. The van der Waals surface area contributed by atoms with E-state index in [-0.39, 0.29) is 6.04 Å². The fraction of sp³-hybridized carbons (Fsp3) is 0.294. The first kappa shape index (κ1) is 15.7. The highest BCUT2D eigenvalue weighted by Gasteiger charge is 2.21. The van der Waals surface area contributed by atoms with Crippen molar-refractivity contribution < 1.29 is 0 Å². The second-order valence-corrected chi connectivity index (χ2v) is 6.80. The molecule has 3 heteroatoms. The number of benzene rings is 2. The summed E-state index contributed by atoms with van der Waals surface area (Å²) in [6.07, 6.45) is 0. The second kappa shape index (κ2) is 6.88. The molecule has 0 amide bonds. The van der Waals surface area contributed by atoms with Crippen LogP contribution in [0.4, 0.5) is 0 Å². The lowest BCUT2D eigenvalue weighted by Gasteiger charge is -2.26. The molecule has 1 N–H and O–H groups in total. The minimum absolute atomic E-state index is 0.267. The maximum Gasteiger partial charge on any atom is 0.0396 e. The number of halogens is 2. The van der Waals surface area contributed by atoms with E-state index >= 15 is 0 Å². The minimum atomic E-state index is 0.267. The van der Waals surface area contributed by atoms with Crippen molar-refractivity contribution in [2.45, 2.75) is 25.8 Å². The maximum atomic E-state index is 3.70. The maximum absolute atomic E-state index is 3.70. The Balaban J connectivity index is 2.40. The molecule has 0 fully saturated rings. The highest BCUT2D eigenvalue weighted by atomic mass is 79.9. The molecule has 0 aliphatic heterocycles. The van der Waals surface area contributed by atoms with Crippen molar-refractivity contribution in [3.63, 3.8) is 0 Å². The molecule has 20 heavy (non-hydrogen) atoms. The van der Waals surface area contributed by atoms with Crippen LogP contribution in [0.15, 0.2) is 51.4 Å². The standard InChI is InChI=1S/C17H19Br2N/c1-11-9-16(19)14(10-15(11)18)17(20-3)12(2)13-7-5-4-6-8-13/h4-10,12,17,20H,1-3H3. The largest absolute Gasteiger partial charge is 0.312 e. The summed E-state index contributed by atoms with van der Waals surface area (Å²) in [4.78, 5) is 0. The van der Waals surface area contributed by atoms with Crippen molar-refractivity contribution >= 4 is 31.9 Å². The third-order valence-electron chi connectivity index (χ3n) is 3.75. The van der Waals surface area contributed by atoms with Crippen molar-refractivity contribution in [1.29, 1.82) is 0 Å². The van der Waals surface area contributed by atoms with Crippen LogP contribution in [0, 0.1) is 6.92 Å². The van der Waals surface area contributed by atoms with Gasteiger partial charge in [-0.1, -0.05) is 69.1 Å². The third kappa shape index (κ3) is 3.33. The highest BCUT2D eigenvalue weighted by Crippen LogP contribution is 2.36. The quantitative estimate of drug-likeness (QED) is 0.710. The molecule has 0 aliphatic carbocycles. The third-order valence-corrected chi connectivity index (χ3v) is 5.29. The van der Waals surface area contributed by atoms with Crippen LogP contribution in [0.25, 0.3) is 0 Å². The molecule has 2 atom stereocenters. The van der Waals surface area contributed by atoms with Gasteiger partial charge in [0.2, 0.25) is 0 Å². The summed E-state index contributed by atoms with van der Waals surface area (Å²) in [5.41, 5.74) is 3.86. The van der Waals surface area contributed by atoms with Crippen LogP contribution in [0.3, 0.4) is 0 Å². The van der Waals surface area contributed by atoms with E-state index in [2.05, 4.69) is 93.5 Å². The SMILES string of the molecule is CNC(c1cc(Br)c(C)cc1Br)C(C)c1ccccc1. The molecule has 0 bridgehead atoms. The van der Waals surface area contributed by atoms with Crippen molar-refractivity contribution in [3.8, 4) is 0 Å². The molecule has 0 aliphatic rings. The zero-order valence-corrected chi connectivity index (χ0v) is 15.1. The van der Waals surface area contributed by atoms with Gasteiger partial charge in [0.15, 0.2) is 0 Å². The summed E-state index contributed by atoms with van der Waals surface area (Å²) in [5, 5.41) is 3.45. The Hall–Kier alpha value is -0.640. The smallest absolute Gasteiger partial charge is 0.0396 e. The zero-order chi connectivity index (χ0) is 14.7. The first-order valence-electron chi connectivity index (χ1n) is 6.72. The minimum Gasteiger partial charge on any atom is -0.312 e. The fourth-order valence-electron chi connectivity index (χ4n) is 2.52. The Morgan fingerprint density at radius 1 is 1.00 bits per heavy atom. The van der Waals surface area contributed by atoms with Crippen molar-refractivity contribution in [1.82, 2.24) is 5.32 Å². The normalized spacial score (nSPS) is 14.1. The first-order chi connectivity index (χ1) is 9.54. The zero-order valence-electron chi connectivity index (χ0n) is 12.0. The molecule has 0 radical (unpaired) electrons. The van der Waals surface area contributed by atoms with Crippen LogP contribution in [0.1, 0.15) is 35.6 Å². The predicted octanol–water partition coefficient (Wildman–Crippen LogP) is 5.58. The van der Waals surface area contributed by atoms with Crippen LogP contribution in [-0.4, -0.2) is 7.05 Å². The molecule has 0 aromatic heterocycles. The molecule has 2 aromatic rings. The van der Waals surface area contributed by atoms with Crippen LogP contribution in [0.5, 0.6) is 0 Å². The average molecular weight is 397 g/mol. The summed E-state index contributed by atoms with van der Waals surface area (Å²) >= 11 is 7.34. The van der Waals surface area contributed by atoms with Gasteiger partial charge < -0.3 is 5.32 Å². The molecule has 0 saturated carbocycles. The molecule has 0 heterocycles. The van der Waals surface area contributed by atoms with Crippen LogP contribution >= 0.6 is 31.9 Å². The van der Waals surface area contributed by atoms with E-state index in [4.69, 9.17) is 0 Å². The summed E-state index contributed by atoms with van der Waals surface area (Å²) in [6, 6.07) is 15.3. The van der Waals surface area contributed by atoms with Crippen LogP contribution in [0.2, 0.25) is 0 Å². The van der Waals surface area contributed by atoms with Gasteiger partial charge >= 0.3 is 0 Å². The molecular formula is C17H19Br2N. The molecule has 0 spiro atoms. The van der Waals surface area contributed by atoms with Crippen molar-refractivity contribution in [3.05, 3.63) is 68.1 Å². The monoisotopic (exact) mass is 395 g/mol. The second-order valence-electron chi connectivity index (χ2n) is 5.09. The number of hydrogen-bond donors (Lipinski definition) is 1. The Labute approximate surface area is 138 Å². The first-order valence-corrected chi connectivity index (χ1v) is 8.31. The van der Waals surface area contributed by atoms with E-state index in [1.807, 2.05) is 7.05 Å². The summed E-state index contributed by atoms with van der Waals surface area (Å²) in [6.45, 7) is 4.37. The Kier molecular flexibility index (Phi) is 5.42. The van der Waals surface area contributed by atoms with Gasteiger partial charge in [-0.05, 0) is 42.8 Å². The van der Waals surface area contributed by atoms with E-state index in [0.29, 0.717) is 5.92 Å². The lowest BCUT2D eigenvalue weighted by Crippen LogP contribution is -2.22. The molecule has 106 valence electrons. The summed E-state index contributed by atoms with van der Waals surface area (Å²) in [7, 11) is 2.02. The Morgan fingerprint density at radius 3 is 2.25 bits per heavy atom. The van der Waals surface area contributed by atoms with Gasteiger partial charge in [-0.3, -0.25) is 0 Å². The van der Waals surface area contributed by atoms with Gasteiger partial charge in [-0.25, -0.2) is 0 Å². The topological polar surface area (TPSA) is 12.0 Å². The van der Waals surface area contributed by atoms with E-state index in [0.717, 1.165) is 8.95 Å². The van der Waals surface area contributed by atoms with Gasteiger partial charge in [-0.15, -0.1) is 0 Å².